The molecule has 0 saturated carbocycles. The topological polar surface area (TPSA) is 72.5 Å². The number of nitrogen functional groups attached to an aromatic ring is 1. The van der Waals surface area contributed by atoms with Crippen LogP contribution in [0, 0.1) is 0 Å². The average Bonchev–Trinajstić information content (AvgIpc) is 2.58. The number of halogens is 1. The maximum atomic E-state index is 5.40. The van der Waals surface area contributed by atoms with Crippen LogP contribution in [0.3, 0.4) is 0 Å². The molecule has 5 nitrogen and oxygen atoms in total. The SMILES string of the molecule is Nc1cnn(-c2ccc(Br)[nH]2)n1. The van der Waals surface area contributed by atoms with Crippen molar-refractivity contribution < 1.29 is 0 Å². The fourth-order valence-corrected chi connectivity index (χ4v) is 1.20. The third kappa shape index (κ3) is 1.20. The van der Waals surface area contributed by atoms with Gasteiger partial charge in [-0.1, -0.05) is 0 Å². The number of nitrogens with one attached hydrogen (secondary N) is 1. The summed E-state index contributed by atoms with van der Waals surface area (Å²) in [5.74, 6) is 1.18. The lowest BCUT2D eigenvalue weighted by Gasteiger charge is -1.91. The van der Waals surface area contributed by atoms with E-state index in [1.54, 1.807) is 0 Å². The van der Waals surface area contributed by atoms with Crippen LogP contribution < -0.4 is 5.73 Å². The van der Waals surface area contributed by atoms with Gasteiger partial charge in [-0.3, -0.25) is 0 Å². The van der Waals surface area contributed by atoms with E-state index in [0.29, 0.717) is 5.82 Å². The monoisotopic (exact) mass is 227 g/mol. The molecular formula is C6H6BrN5. The Morgan fingerprint density at radius 3 is 2.83 bits per heavy atom. The second kappa shape index (κ2) is 2.63. The summed E-state index contributed by atoms with van der Waals surface area (Å²) in [6.07, 6.45) is 1.49. The van der Waals surface area contributed by atoms with Crippen LogP contribution >= 0.6 is 15.9 Å². The van der Waals surface area contributed by atoms with E-state index >= 15 is 0 Å². The Bertz CT molecular complexity index is 352. The third-order valence-corrected chi connectivity index (χ3v) is 1.82. The van der Waals surface area contributed by atoms with E-state index < -0.39 is 0 Å². The largest absolute Gasteiger partial charge is 0.381 e. The molecule has 0 aliphatic carbocycles. The van der Waals surface area contributed by atoms with Crippen LogP contribution in [0.2, 0.25) is 0 Å². The molecule has 0 saturated heterocycles. The van der Waals surface area contributed by atoms with E-state index in [1.165, 1.54) is 11.0 Å². The summed E-state index contributed by atoms with van der Waals surface area (Å²) < 4.78 is 0.883. The Balaban J connectivity index is 2.43. The van der Waals surface area contributed by atoms with E-state index in [4.69, 9.17) is 5.73 Å². The molecule has 0 unspecified atom stereocenters. The number of nitrogens with zero attached hydrogens (tertiary/aromatic N) is 3. The van der Waals surface area contributed by atoms with Gasteiger partial charge in [-0.05, 0) is 28.1 Å². The highest BCUT2D eigenvalue weighted by atomic mass is 79.9. The van der Waals surface area contributed by atoms with Crippen molar-refractivity contribution >= 4 is 21.7 Å². The highest BCUT2D eigenvalue weighted by molar-refractivity contribution is 9.10. The molecule has 0 bridgehead atoms. The first-order valence-corrected chi connectivity index (χ1v) is 4.08. The highest BCUT2D eigenvalue weighted by Gasteiger charge is 2.00. The fourth-order valence-electron chi connectivity index (χ4n) is 0.865. The Labute approximate surface area is 76.7 Å². The minimum atomic E-state index is 0.403. The van der Waals surface area contributed by atoms with Crippen molar-refractivity contribution in [3.63, 3.8) is 0 Å². The minimum absolute atomic E-state index is 0.403. The lowest BCUT2D eigenvalue weighted by molar-refractivity contribution is 0.735. The number of aromatic amines is 1. The average molecular weight is 228 g/mol. The highest BCUT2D eigenvalue weighted by Crippen LogP contribution is 2.11. The minimum Gasteiger partial charge on any atom is -0.381 e. The summed E-state index contributed by atoms with van der Waals surface area (Å²) in [6.45, 7) is 0. The predicted molar refractivity (Wildman–Crippen MR) is 47.8 cm³/mol. The Kier molecular flexibility index (Phi) is 1.61. The molecule has 0 spiro atoms. The molecular weight excluding hydrogens is 222 g/mol. The molecule has 0 aliphatic rings. The standard InChI is InChI=1S/C6H6BrN5/c7-4-1-2-6(10-4)12-9-3-5(8)11-12/h1-3,10H,(H2,8,11). The van der Waals surface area contributed by atoms with Crippen LogP contribution in [-0.2, 0) is 0 Å². The van der Waals surface area contributed by atoms with Crippen LogP contribution in [0.15, 0.2) is 22.9 Å². The summed E-state index contributed by atoms with van der Waals surface area (Å²) in [7, 11) is 0. The van der Waals surface area contributed by atoms with E-state index in [1.807, 2.05) is 12.1 Å². The Morgan fingerprint density at radius 2 is 2.33 bits per heavy atom. The maximum Gasteiger partial charge on any atom is 0.166 e. The molecule has 2 heterocycles. The number of H-pyrrole nitrogens is 1. The molecule has 6 heteroatoms. The number of nitrogens with two attached hydrogens (primary N) is 1. The zero-order valence-corrected chi connectivity index (χ0v) is 7.62. The first-order chi connectivity index (χ1) is 5.75. The summed E-state index contributed by atoms with van der Waals surface area (Å²) in [5.41, 5.74) is 5.40. The normalized spacial score (nSPS) is 10.4. The first kappa shape index (κ1) is 7.35. The third-order valence-electron chi connectivity index (χ3n) is 1.36. The molecule has 0 amide bonds. The number of anilines is 1. The molecule has 0 fully saturated rings. The van der Waals surface area contributed by atoms with Crippen molar-refractivity contribution in [3.8, 4) is 5.82 Å². The zero-order chi connectivity index (χ0) is 8.55. The van der Waals surface area contributed by atoms with Crippen LogP contribution in [0.4, 0.5) is 5.82 Å². The fraction of sp³-hybridized carbons (Fsp3) is 0. The van der Waals surface area contributed by atoms with Crippen molar-refractivity contribution in [2.75, 3.05) is 5.73 Å². The van der Waals surface area contributed by atoms with Crippen LogP contribution in [0.25, 0.3) is 5.82 Å². The maximum absolute atomic E-state index is 5.40. The second-order valence-electron chi connectivity index (χ2n) is 2.25. The van der Waals surface area contributed by atoms with Gasteiger partial charge in [-0.2, -0.15) is 5.10 Å². The lowest BCUT2D eigenvalue weighted by Crippen LogP contribution is -1.99. The van der Waals surface area contributed by atoms with Crippen LogP contribution in [0.5, 0.6) is 0 Å². The summed E-state index contributed by atoms with van der Waals surface area (Å²) in [4.78, 5) is 4.44. The van der Waals surface area contributed by atoms with Crippen molar-refractivity contribution in [3.05, 3.63) is 22.9 Å². The van der Waals surface area contributed by atoms with Crippen LogP contribution in [0.1, 0.15) is 0 Å². The van der Waals surface area contributed by atoms with Gasteiger partial charge in [0.2, 0.25) is 0 Å². The molecule has 2 aromatic rings. The molecule has 0 atom stereocenters. The summed E-state index contributed by atoms with van der Waals surface area (Å²) in [6, 6.07) is 3.72. The Morgan fingerprint density at radius 1 is 1.50 bits per heavy atom. The Hall–Kier alpha value is -1.30. The van der Waals surface area contributed by atoms with Gasteiger partial charge in [0.05, 0.1) is 10.8 Å². The van der Waals surface area contributed by atoms with Gasteiger partial charge in [0, 0.05) is 0 Å². The lowest BCUT2D eigenvalue weighted by atomic mass is 10.6. The van der Waals surface area contributed by atoms with Gasteiger partial charge in [0.25, 0.3) is 0 Å². The van der Waals surface area contributed by atoms with Crippen molar-refractivity contribution in [1.29, 1.82) is 0 Å². The van der Waals surface area contributed by atoms with Gasteiger partial charge in [-0.15, -0.1) is 9.90 Å². The molecule has 12 heavy (non-hydrogen) atoms. The van der Waals surface area contributed by atoms with Crippen molar-refractivity contribution in [2.24, 2.45) is 0 Å². The van der Waals surface area contributed by atoms with Crippen molar-refractivity contribution in [2.45, 2.75) is 0 Å². The van der Waals surface area contributed by atoms with Crippen molar-refractivity contribution in [1.82, 2.24) is 20.0 Å². The van der Waals surface area contributed by atoms with Gasteiger partial charge in [0.15, 0.2) is 11.6 Å². The molecule has 62 valence electrons. The molecule has 0 radical (unpaired) electrons. The predicted octanol–water partition coefficient (Wildman–Crippen LogP) is 0.940. The van der Waals surface area contributed by atoms with E-state index in [2.05, 4.69) is 31.1 Å². The van der Waals surface area contributed by atoms with Crippen LogP contribution in [-0.4, -0.2) is 20.0 Å². The van der Waals surface area contributed by atoms with E-state index in [-0.39, 0.29) is 0 Å². The molecule has 2 aromatic heterocycles. The first-order valence-electron chi connectivity index (χ1n) is 3.28. The molecule has 0 aliphatic heterocycles. The zero-order valence-electron chi connectivity index (χ0n) is 6.03. The molecule has 3 N–H and O–H groups in total. The number of rotatable bonds is 1. The summed E-state index contributed by atoms with van der Waals surface area (Å²) >= 11 is 3.28. The van der Waals surface area contributed by atoms with E-state index in [9.17, 15) is 0 Å². The number of aromatic nitrogens is 4. The summed E-state index contributed by atoms with van der Waals surface area (Å²) in [5, 5.41) is 7.85. The number of hydrogen-bond donors (Lipinski definition) is 2. The smallest absolute Gasteiger partial charge is 0.166 e. The molecule has 0 aromatic carbocycles. The van der Waals surface area contributed by atoms with Gasteiger partial charge in [-0.25, -0.2) is 0 Å². The van der Waals surface area contributed by atoms with Gasteiger partial charge >= 0.3 is 0 Å². The molecule has 2 rings (SSSR count). The van der Waals surface area contributed by atoms with E-state index in [0.717, 1.165) is 10.4 Å². The number of hydrogen-bond acceptors (Lipinski definition) is 3. The van der Waals surface area contributed by atoms with Gasteiger partial charge in [0.1, 0.15) is 0 Å². The second-order valence-corrected chi connectivity index (χ2v) is 3.10. The van der Waals surface area contributed by atoms with Gasteiger partial charge < -0.3 is 10.7 Å². The quantitative estimate of drug-likeness (QED) is 0.762.